The number of thioether (sulfide) groups is 1. The number of hydrogen-bond donors (Lipinski definition) is 1. The van der Waals surface area contributed by atoms with Crippen molar-refractivity contribution in [1.82, 2.24) is 14.8 Å². The van der Waals surface area contributed by atoms with E-state index in [-0.39, 0.29) is 5.97 Å². The summed E-state index contributed by atoms with van der Waals surface area (Å²) in [5.41, 5.74) is 8.53. The molecule has 0 aliphatic heterocycles. The van der Waals surface area contributed by atoms with Crippen LogP contribution in [-0.2, 0) is 22.5 Å². The molecule has 0 saturated heterocycles. The molecule has 152 valence electrons. The van der Waals surface area contributed by atoms with Crippen LogP contribution in [0.4, 0.5) is 5.69 Å². The van der Waals surface area contributed by atoms with Crippen molar-refractivity contribution in [2.24, 2.45) is 0 Å². The van der Waals surface area contributed by atoms with Gasteiger partial charge in [0.1, 0.15) is 11.1 Å². The molecule has 0 aliphatic rings. The summed E-state index contributed by atoms with van der Waals surface area (Å²) in [6.07, 6.45) is 2.95. The van der Waals surface area contributed by atoms with Crippen LogP contribution < -0.4 is 5.73 Å². The smallest absolute Gasteiger partial charge is 0.323 e. The molecule has 0 bridgehead atoms. The molecule has 3 rings (SSSR count). The van der Waals surface area contributed by atoms with E-state index >= 15 is 0 Å². The Balaban J connectivity index is 1.93. The van der Waals surface area contributed by atoms with Crippen LogP contribution in [0.25, 0.3) is 0 Å². The van der Waals surface area contributed by atoms with Gasteiger partial charge in [0.25, 0.3) is 0 Å². The van der Waals surface area contributed by atoms with E-state index in [2.05, 4.69) is 21.7 Å². The number of aromatic nitrogens is 3. The molecule has 1 aromatic heterocycles. The maximum absolute atomic E-state index is 12.5. The first-order chi connectivity index (χ1) is 14.1. The van der Waals surface area contributed by atoms with Gasteiger partial charge in [-0.3, -0.25) is 4.79 Å². The molecule has 0 spiro atoms. The predicted octanol–water partition coefficient (Wildman–Crippen LogP) is 4.26. The number of rotatable bonds is 9. The standard InChI is InChI=1S/C22H26N4O2S/c1-3-4-10-19-24-25-22(26(19)15-16-11-13-18(23)14-12-16)29-20(21(27)28-2)17-8-6-5-7-9-17/h5-9,11-14,20H,3-4,10,15,23H2,1-2H3. The second kappa shape index (κ2) is 10.1. The molecule has 6 nitrogen and oxygen atoms in total. The summed E-state index contributed by atoms with van der Waals surface area (Å²) >= 11 is 1.37. The topological polar surface area (TPSA) is 83.0 Å². The summed E-state index contributed by atoms with van der Waals surface area (Å²) in [5, 5.41) is 9.02. The lowest BCUT2D eigenvalue weighted by atomic mass is 10.1. The summed E-state index contributed by atoms with van der Waals surface area (Å²) in [7, 11) is 1.41. The monoisotopic (exact) mass is 410 g/mol. The highest BCUT2D eigenvalue weighted by atomic mass is 32.2. The van der Waals surface area contributed by atoms with Gasteiger partial charge in [0.2, 0.25) is 0 Å². The minimum Gasteiger partial charge on any atom is -0.468 e. The van der Waals surface area contributed by atoms with Crippen molar-refractivity contribution in [3.05, 3.63) is 71.5 Å². The van der Waals surface area contributed by atoms with Gasteiger partial charge in [-0.1, -0.05) is 67.6 Å². The number of esters is 1. The number of unbranched alkanes of at least 4 members (excludes halogenated alkanes) is 1. The van der Waals surface area contributed by atoms with Crippen molar-refractivity contribution >= 4 is 23.4 Å². The zero-order valence-electron chi connectivity index (χ0n) is 16.7. The molecular weight excluding hydrogens is 384 g/mol. The molecule has 1 heterocycles. The quantitative estimate of drug-likeness (QED) is 0.322. The Labute approximate surface area is 175 Å². The maximum atomic E-state index is 12.5. The van der Waals surface area contributed by atoms with Crippen LogP contribution in [0, 0.1) is 0 Å². The van der Waals surface area contributed by atoms with Crippen LogP contribution in [0.1, 0.15) is 42.0 Å². The van der Waals surface area contributed by atoms with Gasteiger partial charge in [-0.2, -0.15) is 0 Å². The Bertz CT molecular complexity index is 926. The SMILES string of the molecule is CCCCc1nnc(SC(C(=O)OC)c2ccccc2)n1Cc1ccc(N)cc1. The summed E-state index contributed by atoms with van der Waals surface area (Å²) in [5.74, 6) is 0.612. The Hall–Kier alpha value is -2.80. The van der Waals surface area contributed by atoms with Crippen molar-refractivity contribution in [2.75, 3.05) is 12.8 Å². The number of hydrogen-bond acceptors (Lipinski definition) is 6. The summed E-state index contributed by atoms with van der Waals surface area (Å²) in [4.78, 5) is 12.5. The lowest BCUT2D eigenvalue weighted by molar-refractivity contribution is -0.140. The summed E-state index contributed by atoms with van der Waals surface area (Å²) in [6.45, 7) is 2.77. The van der Waals surface area contributed by atoms with E-state index in [1.807, 2.05) is 54.6 Å². The number of anilines is 1. The Morgan fingerprint density at radius 1 is 1.14 bits per heavy atom. The van der Waals surface area contributed by atoms with Gasteiger partial charge in [0.05, 0.1) is 13.7 Å². The molecule has 0 saturated carbocycles. The van der Waals surface area contributed by atoms with E-state index in [0.717, 1.165) is 41.9 Å². The fraction of sp³-hybridized carbons (Fsp3) is 0.318. The van der Waals surface area contributed by atoms with Crippen molar-refractivity contribution < 1.29 is 9.53 Å². The normalized spacial score (nSPS) is 11.9. The van der Waals surface area contributed by atoms with E-state index < -0.39 is 5.25 Å². The van der Waals surface area contributed by atoms with Gasteiger partial charge < -0.3 is 15.0 Å². The molecular formula is C22H26N4O2S. The fourth-order valence-electron chi connectivity index (χ4n) is 2.98. The van der Waals surface area contributed by atoms with Crippen molar-refractivity contribution in [3.8, 4) is 0 Å². The average Bonchev–Trinajstić information content (AvgIpc) is 3.13. The van der Waals surface area contributed by atoms with Gasteiger partial charge in [0.15, 0.2) is 5.16 Å². The predicted molar refractivity (Wildman–Crippen MR) is 116 cm³/mol. The molecule has 0 aliphatic carbocycles. The summed E-state index contributed by atoms with van der Waals surface area (Å²) < 4.78 is 7.14. The van der Waals surface area contributed by atoms with Gasteiger partial charge in [-0.25, -0.2) is 0 Å². The second-order valence-electron chi connectivity index (χ2n) is 6.76. The Kier molecular flexibility index (Phi) is 7.30. The number of benzene rings is 2. The highest BCUT2D eigenvalue weighted by Gasteiger charge is 2.26. The van der Waals surface area contributed by atoms with Crippen molar-refractivity contribution in [1.29, 1.82) is 0 Å². The lowest BCUT2D eigenvalue weighted by Gasteiger charge is -2.16. The van der Waals surface area contributed by atoms with E-state index in [1.54, 1.807) is 0 Å². The van der Waals surface area contributed by atoms with Crippen molar-refractivity contribution in [2.45, 2.75) is 43.1 Å². The first-order valence-electron chi connectivity index (χ1n) is 9.68. The third-order valence-electron chi connectivity index (χ3n) is 4.61. The van der Waals surface area contributed by atoms with Gasteiger partial charge in [-0.15, -0.1) is 10.2 Å². The van der Waals surface area contributed by atoms with Crippen LogP contribution in [0.5, 0.6) is 0 Å². The van der Waals surface area contributed by atoms with E-state index in [0.29, 0.717) is 11.7 Å². The molecule has 0 amide bonds. The number of nitrogens with two attached hydrogens (primary N) is 1. The number of nitrogens with zero attached hydrogens (tertiary/aromatic N) is 3. The maximum Gasteiger partial charge on any atom is 0.323 e. The first-order valence-corrected chi connectivity index (χ1v) is 10.6. The second-order valence-corrected chi connectivity index (χ2v) is 7.83. The van der Waals surface area contributed by atoms with Crippen LogP contribution in [0.3, 0.4) is 0 Å². The van der Waals surface area contributed by atoms with Crippen LogP contribution >= 0.6 is 11.8 Å². The van der Waals surface area contributed by atoms with Crippen molar-refractivity contribution in [3.63, 3.8) is 0 Å². The number of methoxy groups -OCH3 is 1. The zero-order chi connectivity index (χ0) is 20.6. The summed E-state index contributed by atoms with van der Waals surface area (Å²) in [6, 6.07) is 17.4. The molecule has 0 fully saturated rings. The highest BCUT2D eigenvalue weighted by Crippen LogP contribution is 2.36. The Morgan fingerprint density at radius 2 is 1.86 bits per heavy atom. The number of carbonyl (C=O) groups excluding carboxylic acids is 1. The molecule has 2 N–H and O–H groups in total. The lowest BCUT2D eigenvalue weighted by Crippen LogP contribution is -2.13. The van der Waals surface area contributed by atoms with Gasteiger partial charge in [0, 0.05) is 12.1 Å². The minimum absolute atomic E-state index is 0.307. The van der Waals surface area contributed by atoms with Crippen LogP contribution in [0.15, 0.2) is 59.8 Å². The van der Waals surface area contributed by atoms with Crippen LogP contribution in [-0.4, -0.2) is 27.8 Å². The third kappa shape index (κ3) is 5.38. The fourth-order valence-corrected chi connectivity index (χ4v) is 4.06. The van der Waals surface area contributed by atoms with E-state index in [9.17, 15) is 4.79 Å². The van der Waals surface area contributed by atoms with Crippen LogP contribution in [0.2, 0.25) is 0 Å². The molecule has 29 heavy (non-hydrogen) atoms. The molecule has 3 aromatic rings. The largest absolute Gasteiger partial charge is 0.468 e. The van der Waals surface area contributed by atoms with E-state index in [1.165, 1.54) is 18.9 Å². The van der Waals surface area contributed by atoms with Gasteiger partial charge in [-0.05, 0) is 29.7 Å². The zero-order valence-corrected chi connectivity index (χ0v) is 17.6. The number of aryl methyl sites for hydroxylation is 1. The molecule has 0 radical (unpaired) electrons. The molecule has 2 aromatic carbocycles. The number of carbonyl (C=O) groups is 1. The molecule has 7 heteroatoms. The number of nitrogen functional groups attached to an aromatic ring is 1. The molecule has 1 atom stereocenters. The number of ether oxygens (including phenoxy) is 1. The first kappa shape index (κ1) is 20.9. The third-order valence-corrected chi connectivity index (χ3v) is 5.82. The average molecular weight is 411 g/mol. The molecule has 1 unspecified atom stereocenters. The van der Waals surface area contributed by atoms with E-state index in [4.69, 9.17) is 10.5 Å². The minimum atomic E-state index is -0.505. The van der Waals surface area contributed by atoms with Gasteiger partial charge >= 0.3 is 5.97 Å². The Morgan fingerprint density at radius 3 is 2.52 bits per heavy atom. The highest BCUT2D eigenvalue weighted by molar-refractivity contribution is 8.00.